The molecule has 13 heteroatoms. The van der Waals surface area contributed by atoms with Crippen LogP contribution < -0.4 is 10.2 Å². The van der Waals surface area contributed by atoms with Gasteiger partial charge in [0.05, 0.1) is 35.4 Å². The smallest absolute Gasteiger partial charge is 0.573 e. The Bertz CT molecular complexity index is 3250. The van der Waals surface area contributed by atoms with E-state index in [2.05, 4.69) is 242 Å². The quantitative estimate of drug-likeness (QED) is 0.159. The molecule has 0 spiro atoms. The van der Waals surface area contributed by atoms with E-state index in [9.17, 15) is 0 Å². The Balaban J connectivity index is 0.000000183. The van der Waals surface area contributed by atoms with Gasteiger partial charge in [-0.05, 0) is 95.1 Å². The molecule has 0 aliphatic rings. The Kier molecular flexibility index (Phi) is 17.9. The first-order valence-electron chi connectivity index (χ1n) is 26.1. The number of hydrogen-bond donors (Lipinski definition) is 2. The van der Waals surface area contributed by atoms with Gasteiger partial charge in [-0.15, -0.1) is 0 Å². The molecule has 8 aromatic heterocycles. The van der Waals surface area contributed by atoms with E-state index >= 15 is 0 Å². The Hall–Kier alpha value is -7.04. The largest absolute Gasteiger partial charge is 2.00 e. The van der Waals surface area contributed by atoms with Crippen molar-refractivity contribution < 1.29 is 21.1 Å². The molecule has 0 radical (unpaired) electrons. The molecule has 0 bridgehead atoms. The number of aromatic amines is 2. The first-order valence-corrected chi connectivity index (χ1v) is 26.1. The third-order valence-electron chi connectivity index (χ3n) is 12.9. The second-order valence-electron chi connectivity index (χ2n) is 25.3. The number of nitrogens with zero attached hydrogens (tertiary/aromatic N) is 10. The van der Waals surface area contributed by atoms with Crippen molar-refractivity contribution in [3.8, 4) is 45.6 Å². The van der Waals surface area contributed by atoms with E-state index < -0.39 is 0 Å². The van der Waals surface area contributed by atoms with Crippen LogP contribution >= 0.6 is 0 Å². The van der Waals surface area contributed by atoms with Crippen molar-refractivity contribution in [1.82, 2.24) is 60.7 Å². The number of fused-ring (bicyclic) bond motifs is 2. The molecule has 0 saturated heterocycles. The van der Waals surface area contributed by atoms with Crippen molar-refractivity contribution in [2.75, 3.05) is 0 Å². The maximum atomic E-state index is 4.95. The van der Waals surface area contributed by atoms with E-state index in [1.807, 2.05) is 67.3 Å². The Morgan fingerprint density at radius 3 is 1.25 bits per heavy atom. The number of H-pyrrole nitrogens is 2. The number of nitrogens with one attached hydrogen (secondary N) is 2. The van der Waals surface area contributed by atoms with Crippen LogP contribution in [-0.4, -0.2) is 50.5 Å². The van der Waals surface area contributed by atoms with Crippen LogP contribution in [0.4, 0.5) is 0 Å². The number of aromatic nitrogens is 12. The second-order valence-corrected chi connectivity index (χ2v) is 25.3. The van der Waals surface area contributed by atoms with Crippen molar-refractivity contribution in [1.29, 1.82) is 0 Å². The third-order valence-corrected chi connectivity index (χ3v) is 12.9. The molecule has 0 unspecified atom stereocenters. The molecule has 0 saturated carbocycles. The van der Waals surface area contributed by atoms with Gasteiger partial charge in [-0.2, -0.15) is 10.2 Å². The van der Waals surface area contributed by atoms with Gasteiger partial charge in [-0.1, -0.05) is 176 Å². The summed E-state index contributed by atoms with van der Waals surface area (Å²) >= 11 is 0. The van der Waals surface area contributed by atoms with E-state index in [0.29, 0.717) is 0 Å². The molecule has 12 nitrogen and oxygen atoms in total. The molecule has 0 fully saturated rings. The Morgan fingerprint density at radius 1 is 0.403 bits per heavy atom. The fraction of sp³-hybridized carbons (Fsp3) is 0.359. The van der Waals surface area contributed by atoms with Gasteiger partial charge in [0, 0.05) is 68.9 Å². The average molecular weight is 1210 g/mol. The first-order chi connectivity index (χ1) is 35.5. The molecule has 0 amide bonds. The van der Waals surface area contributed by atoms with Crippen molar-refractivity contribution in [2.45, 2.75) is 150 Å². The zero-order valence-electron chi connectivity index (χ0n) is 48.2. The minimum atomic E-state index is -0.241. The summed E-state index contributed by atoms with van der Waals surface area (Å²) in [5.74, 6) is 0. The summed E-state index contributed by atoms with van der Waals surface area (Å²) < 4.78 is 0. The van der Waals surface area contributed by atoms with E-state index in [-0.39, 0.29) is 53.6 Å². The van der Waals surface area contributed by atoms with Gasteiger partial charge in [0.25, 0.3) is 0 Å². The fourth-order valence-corrected chi connectivity index (χ4v) is 7.95. The van der Waals surface area contributed by atoms with Gasteiger partial charge in [0.15, 0.2) is 0 Å². The summed E-state index contributed by atoms with van der Waals surface area (Å²) in [7, 11) is 0. The minimum absolute atomic E-state index is 0. The number of benzene rings is 2. The van der Waals surface area contributed by atoms with Crippen molar-refractivity contribution in [2.24, 2.45) is 0 Å². The molecule has 0 aliphatic carbocycles. The SMILES string of the molecule is CC(C)(C)c1cc(-c2cc3ccccc3c(-c3cc(C(C)(C)C)n[n-]3)n2)[n-]n1.CC(C)(C)c1ccncc1.CC(C)(C)c1ccncc1.[CH2+]C(C)(C)c1cc(-c2cc3ccccc3c(-c3cc(C(C)(C)C)[nH]n3)n2)n[nH]1.[Pt+2]. The van der Waals surface area contributed by atoms with Gasteiger partial charge >= 0.3 is 21.1 Å². The fourth-order valence-electron chi connectivity index (χ4n) is 7.95. The molecule has 2 aromatic carbocycles. The third kappa shape index (κ3) is 15.1. The number of hydrogen-bond acceptors (Lipinski definition) is 8. The van der Waals surface area contributed by atoms with Gasteiger partial charge < -0.3 is 20.4 Å². The Labute approximate surface area is 471 Å². The van der Waals surface area contributed by atoms with Crippen molar-refractivity contribution in [3.05, 3.63) is 175 Å². The van der Waals surface area contributed by atoms with Crippen LogP contribution in [0.1, 0.15) is 152 Å². The Morgan fingerprint density at radius 2 is 0.818 bits per heavy atom. The van der Waals surface area contributed by atoms with Crippen LogP contribution in [0.15, 0.2) is 134 Å². The summed E-state index contributed by atoms with van der Waals surface area (Å²) in [6, 6.07) is 37.0. The summed E-state index contributed by atoms with van der Waals surface area (Å²) in [4.78, 5) is 17.8. The molecule has 10 rings (SSSR count). The maximum absolute atomic E-state index is 4.95. The molecule has 0 aliphatic heterocycles. The van der Waals surface area contributed by atoms with Crippen LogP contribution in [0.25, 0.3) is 67.1 Å². The predicted octanol–water partition coefficient (Wildman–Crippen LogP) is 15.0. The summed E-state index contributed by atoms with van der Waals surface area (Å²) in [6.45, 7) is 40.8. The monoisotopic (exact) mass is 1210 g/mol. The molecule has 0 atom stereocenters. The number of rotatable bonds is 5. The van der Waals surface area contributed by atoms with Gasteiger partial charge in [0.1, 0.15) is 16.8 Å². The molecule has 2 N–H and O–H groups in total. The minimum Gasteiger partial charge on any atom is -0.573 e. The average Bonchev–Trinajstić information content (AvgIpc) is 4.22. The van der Waals surface area contributed by atoms with Gasteiger partial charge in [-0.3, -0.25) is 25.1 Å². The summed E-state index contributed by atoms with van der Waals surface area (Å²) in [5.41, 5.74) is 13.3. The van der Waals surface area contributed by atoms with Gasteiger partial charge in [-0.25, -0.2) is 4.98 Å². The van der Waals surface area contributed by atoms with Crippen LogP contribution in [-0.2, 0) is 53.6 Å². The molecule has 402 valence electrons. The standard InChI is InChI=1S/C23H26N5.C23H25N5.2C9H13N.Pt/c2*1-22(2,3)19-12-17(25-27-19)16-11-14-9-7-8-10-15(14)21(24-16)18-13-20(28-26-18)23(4,5)6;2*1-9(2,3)8-4-6-10-7-5-8;/h7-13H,1H2,2-6H3,(H,25,27)(H,26,28);7-13H,1-6H3;2*4-7H,1-3H3;/q+1;-2;;;+2. The van der Waals surface area contributed by atoms with Crippen LogP contribution in [0.5, 0.6) is 0 Å². The normalized spacial score (nSPS) is 12.2. The van der Waals surface area contributed by atoms with E-state index in [0.717, 1.165) is 89.9 Å². The van der Waals surface area contributed by atoms with Crippen molar-refractivity contribution in [3.63, 3.8) is 0 Å². The van der Waals surface area contributed by atoms with Crippen LogP contribution in [0.3, 0.4) is 0 Å². The first kappa shape index (κ1) is 59.2. The molecule has 10 aromatic rings. The van der Waals surface area contributed by atoms with Crippen molar-refractivity contribution >= 4 is 21.5 Å². The second kappa shape index (κ2) is 23.3. The molecule has 77 heavy (non-hydrogen) atoms. The molecular weight excluding hydrogens is 1130 g/mol. The van der Waals surface area contributed by atoms with Crippen LogP contribution in [0.2, 0.25) is 0 Å². The van der Waals surface area contributed by atoms with E-state index in [1.165, 1.54) is 11.1 Å². The zero-order valence-corrected chi connectivity index (χ0v) is 50.5. The summed E-state index contributed by atoms with van der Waals surface area (Å²) in [5, 5.41) is 37.2. The van der Waals surface area contributed by atoms with Crippen LogP contribution in [0, 0.1) is 6.92 Å². The van der Waals surface area contributed by atoms with Gasteiger partial charge in [0.2, 0.25) is 0 Å². The molecule has 8 heterocycles. The molecular formula is C64H77N12Pt+. The van der Waals surface area contributed by atoms with E-state index in [1.54, 1.807) is 0 Å². The summed E-state index contributed by atoms with van der Waals surface area (Å²) in [6.07, 6.45) is 7.34. The zero-order chi connectivity index (χ0) is 55.4. The van der Waals surface area contributed by atoms with E-state index in [4.69, 9.17) is 9.97 Å². The number of pyridine rings is 4. The maximum Gasteiger partial charge on any atom is 2.00 e. The topological polar surface area (TPSA) is 163 Å². The predicted molar refractivity (Wildman–Crippen MR) is 312 cm³/mol.